The van der Waals surface area contributed by atoms with Gasteiger partial charge >= 0.3 is 0 Å². The Bertz CT molecular complexity index is 779. The number of hydrogen-bond donors (Lipinski definition) is 1. The molecule has 31 heavy (non-hydrogen) atoms. The molecule has 2 aliphatic carbocycles. The molecule has 5 atom stereocenters. The van der Waals surface area contributed by atoms with Crippen LogP contribution in [-0.4, -0.2) is 66.5 Å². The number of fused-ring (bicyclic) bond motifs is 2. The number of piperazine rings is 1. The van der Waals surface area contributed by atoms with Crippen LogP contribution in [0.5, 0.6) is 5.75 Å². The van der Waals surface area contributed by atoms with Crippen LogP contribution >= 0.6 is 0 Å². The first-order chi connectivity index (χ1) is 14.9. The van der Waals surface area contributed by atoms with Crippen LogP contribution in [0.1, 0.15) is 39.5 Å². The molecular formula is C24H34FN3O3. The molecule has 2 saturated carbocycles. The second kappa shape index (κ2) is 9.55. The number of ether oxygens (including phenoxy) is 1. The highest BCUT2D eigenvalue weighted by atomic mass is 19.1. The molecule has 1 saturated heterocycles. The van der Waals surface area contributed by atoms with Crippen LogP contribution in [0, 0.1) is 23.6 Å². The summed E-state index contributed by atoms with van der Waals surface area (Å²) in [7, 11) is 0. The van der Waals surface area contributed by atoms with E-state index < -0.39 is 0 Å². The van der Waals surface area contributed by atoms with Gasteiger partial charge in [-0.25, -0.2) is 4.39 Å². The Morgan fingerprint density at radius 1 is 1.10 bits per heavy atom. The second-order valence-corrected chi connectivity index (χ2v) is 9.47. The molecule has 0 radical (unpaired) electrons. The smallest absolute Gasteiger partial charge is 0.260 e. The molecule has 7 heteroatoms. The van der Waals surface area contributed by atoms with Crippen molar-refractivity contribution in [2.24, 2.45) is 17.8 Å². The molecule has 0 aromatic heterocycles. The Morgan fingerprint density at radius 3 is 2.42 bits per heavy atom. The summed E-state index contributed by atoms with van der Waals surface area (Å²) in [6, 6.07) is 5.68. The predicted molar refractivity (Wildman–Crippen MR) is 116 cm³/mol. The van der Waals surface area contributed by atoms with E-state index in [-0.39, 0.29) is 36.3 Å². The molecule has 3 aliphatic rings. The summed E-state index contributed by atoms with van der Waals surface area (Å²) in [4.78, 5) is 29.2. The Hall–Kier alpha value is -2.15. The van der Waals surface area contributed by atoms with Crippen molar-refractivity contribution in [3.05, 3.63) is 30.1 Å². The van der Waals surface area contributed by atoms with Gasteiger partial charge in [0.25, 0.3) is 5.91 Å². The Balaban J connectivity index is 1.19. The van der Waals surface area contributed by atoms with Crippen molar-refractivity contribution in [3.8, 4) is 5.75 Å². The Morgan fingerprint density at radius 2 is 1.81 bits per heavy atom. The summed E-state index contributed by atoms with van der Waals surface area (Å²) in [5.41, 5.74) is 0. The third-order valence-corrected chi connectivity index (χ3v) is 7.58. The summed E-state index contributed by atoms with van der Waals surface area (Å²) < 4.78 is 18.4. The summed E-state index contributed by atoms with van der Waals surface area (Å²) >= 11 is 0. The first-order valence-electron chi connectivity index (χ1n) is 11.6. The highest BCUT2D eigenvalue weighted by Crippen LogP contribution is 2.49. The van der Waals surface area contributed by atoms with Crippen LogP contribution in [-0.2, 0) is 9.59 Å². The zero-order valence-electron chi connectivity index (χ0n) is 18.6. The van der Waals surface area contributed by atoms with E-state index in [1.807, 2.05) is 6.92 Å². The van der Waals surface area contributed by atoms with Gasteiger partial charge in [-0.05, 0) is 75.1 Å². The number of nitrogens with one attached hydrogen (secondary N) is 1. The lowest BCUT2D eigenvalue weighted by Gasteiger charge is -2.38. The van der Waals surface area contributed by atoms with Crippen LogP contribution in [0.3, 0.4) is 0 Å². The fourth-order valence-corrected chi connectivity index (χ4v) is 5.65. The molecule has 1 N–H and O–H groups in total. The van der Waals surface area contributed by atoms with Gasteiger partial charge in [0, 0.05) is 32.2 Å². The van der Waals surface area contributed by atoms with E-state index in [0.717, 1.165) is 11.8 Å². The molecule has 1 heterocycles. The highest BCUT2D eigenvalue weighted by molar-refractivity contribution is 5.82. The number of amides is 2. The molecule has 2 bridgehead atoms. The summed E-state index contributed by atoms with van der Waals surface area (Å²) in [6.45, 7) is 6.53. The topological polar surface area (TPSA) is 61.9 Å². The maximum Gasteiger partial charge on any atom is 0.260 e. The van der Waals surface area contributed by atoms with Gasteiger partial charge < -0.3 is 15.0 Å². The van der Waals surface area contributed by atoms with Gasteiger partial charge in [0.05, 0.1) is 6.04 Å². The number of halogens is 1. The summed E-state index contributed by atoms with van der Waals surface area (Å²) in [5.74, 6) is 2.44. The molecule has 0 spiro atoms. The first kappa shape index (κ1) is 22.1. The van der Waals surface area contributed by atoms with E-state index in [4.69, 9.17) is 4.74 Å². The number of nitrogens with zero attached hydrogens (tertiary/aromatic N) is 2. The maximum absolute atomic E-state index is 13.0. The van der Waals surface area contributed by atoms with E-state index in [0.29, 0.717) is 37.8 Å². The van der Waals surface area contributed by atoms with Crippen molar-refractivity contribution in [1.29, 1.82) is 0 Å². The standard InChI is InChI=1S/C24H34FN3O3/c1-16(22-14-18-3-4-19(22)13-18)26-24(30)17(2)27-9-11-28(12-10-27)23(29)15-31-21-7-5-20(25)6-8-21/h5-8,16-19,22H,3-4,9-15H2,1-2H3,(H,26,30). The Labute approximate surface area is 184 Å². The SMILES string of the molecule is CC(NC(=O)C(C)N1CCN(C(=O)COc2ccc(F)cc2)CC1)C1CC2CCC1C2. The van der Waals surface area contributed by atoms with Crippen molar-refractivity contribution in [2.75, 3.05) is 32.8 Å². The van der Waals surface area contributed by atoms with E-state index in [1.54, 1.807) is 4.90 Å². The average Bonchev–Trinajstić information content (AvgIpc) is 3.42. The number of hydrogen-bond acceptors (Lipinski definition) is 4. The molecule has 170 valence electrons. The first-order valence-corrected chi connectivity index (χ1v) is 11.6. The van der Waals surface area contributed by atoms with Crippen LogP contribution in [0.4, 0.5) is 4.39 Å². The van der Waals surface area contributed by atoms with E-state index in [9.17, 15) is 14.0 Å². The van der Waals surface area contributed by atoms with Crippen molar-refractivity contribution in [2.45, 2.75) is 51.6 Å². The minimum Gasteiger partial charge on any atom is -0.484 e. The monoisotopic (exact) mass is 431 g/mol. The van der Waals surface area contributed by atoms with Crippen molar-refractivity contribution in [3.63, 3.8) is 0 Å². The molecule has 1 aromatic carbocycles. The van der Waals surface area contributed by atoms with Crippen LogP contribution in [0.15, 0.2) is 24.3 Å². The normalized spacial score (nSPS) is 27.7. The lowest BCUT2D eigenvalue weighted by molar-refractivity contribution is -0.136. The Kier molecular flexibility index (Phi) is 6.80. The lowest BCUT2D eigenvalue weighted by Crippen LogP contribution is -2.56. The number of benzene rings is 1. The quantitative estimate of drug-likeness (QED) is 0.721. The van der Waals surface area contributed by atoms with E-state index in [1.165, 1.54) is 49.9 Å². The summed E-state index contributed by atoms with van der Waals surface area (Å²) in [5, 5.41) is 3.27. The molecule has 5 unspecified atom stereocenters. The zero-order valence-corrected chi connectivity index (χ0v) is 18.6. The third-order valence-electron chi connectivity index (χ3n) is 7.58. The zero-order chi connectivity index (χ0) is 22.0. The van der Waals surface area contributed by atoms with Gasteiger partial charge in [-0.3, -0.25) is 14.5 Å². The van der Waals surface area contributed by atoms with Crippen LogP contribution < -0.4 is 10.1 Å². The van der Waals surface area contributed by atoms with E-state index in [2.05, 4.69) is 17.1 Å². The lowest BCUT2D eigenvalue weighted by atomic mass is 9.84. The number of carbonyl (C=O) groups excluding carboxylic acids is 2. The van der Waals surface area contributed by atoms with Gasteiger partial charge in [-0.15, -0.1) is 0 Å². The molecule has 3 fully saturated rings. The molecule has 2 amide bonds. The third kappa shape index (κ3) is 5.20. The van der Waals surface area contributed by atoms with E-state index >= 15 is 0 Å². The van der Waals surface area contributed by atoms with Gasteiger partial charge in [0.15, 0.2) is 6.61 Å². The minimum atomic E-state index is -0.335. The largest absolute Gasteiger partial charge is 0.484 e. The second-order valence-electron chi connectivity index (χ2n) is 9.47. The molecule has 6 nitrogen and oxygen atoms in total. The van der Waals surface area contributed by atoms with Gasteiger partial charge in [0.1, 0.15) is 11.6 Å². The molecular weight excluding hydrogens is 397 g/mol. The fourth-order valence-electron chi connectivity index (χ4n) is 5.65. The highest BCUT2D eigenvalue weighted by Gasteiger charge is 2.42. The summed E-state index contributed by atoms with van der Waals surface area (Å²) in [6.07, 6.45) is 5.31. The van der Waals surface area contributed by atoms with Crippen molar-refractivity contribution >= 4 is 11.8 Å². The van der Waals surface area contributed by atoms with Crippen LogP contribution in [0.25, 0.3) is 0 Å². The van der Waals surface area contributed by atoms with Crippen molar-refractivity contribution < 1.29 is 18.7 Å². The van der Waals surface area contributed by atoms with Crippen molar-refractivity contribution in [1.82, 2.24) is 15.1 Å². The number of rotatable bonds is 7. The van der Waals surface area contributed by atoms with Gasteiger partial charge in [-0.2, -0.15) is 0 Å². The van der Waals surface area contributed by atoms with Gasteiger partial charge in [-0.1, -0.05) is 6.42 Å². The maximum atomic E-state index is 13.0. The van der Waals surface area contributed by atoms with Crippen LogP contribution in [0.2, 0.25) is 0 Å². The molecule has 1 aliphatic heterocycles. The average molecular weight is 432 g/mol. The predicted octanol–water partition coefficient (Wildman–Crippen LogP) is 2.68. The molecule has 4 rings (SSSR count). The number of carbonyl (C=O) groups is 2. The minimum absolute atomic E-state index is 0.0667. The van der Waals surface area contributed by atoms with Gasteiger partial charge in [0.2, 0.25) is 5.91 Å². The fraction of sp³-hybridized carbons (Fsp3) is 0.667. The molecule has 1 aromatic rings.